The maximum atomic E-state index is 6.99. The molecular weight excluding hydrogens is 406 g/mol. The molecule has 4 nitrogen and oxygen atoms in total. The quantitative estimate of drug-likeness (QED) is 0.482. The number of alkyl halides is 4. The first-order valence-electron chi connectivity index (χ1n) is 6.69. The Kier molecular flexibility index (Phi) is 5.23. The number of ether oxygens (including phenoxy) is 4. The average molecular weight is 427 g/mol. The fourth-order valence-corrected chi connectivity index (χ4v) is 7.07. The highest BCUT2D eigenvalue weighted by Crippen LogP contribution is 2.73. The number of fused-ring (bicyclic) bond motifs is 2. The Bertz CT molecular complexity index is 411. The molecule has 0 heterocycles. The van der Waals surface area contributed by atoms with Gasteiger partial charge in [0.25, 0.3) is 0 Å². The predicted molar refractivity (Wildman–Crippen MR) is 86.8 cm³/mol. The highest BCUT2D eigenvalue weighted by Gasteiger charge is 2.91. The summed E-state index contributed by atoms with van der Waals surface area (Å²) >= 11 is 24.1. The number of hydrogen-bond acceptors (Lipinski definition) is 4. The van der Waals surface area contributed by atoms with E-state index in [4.69, 9.17) is 53.8 Å². The Morgan fingerprint density at radius 3 is 2.10 bits per heavy atom. The van der Waals surface area contributed by atoms with Gasteiger partial charge in [-0.3, -0.25) is 0 Å². The zero-order valence-corrected chi connectivity index (χ0v) is 16.3. The highest BCUT2D eigenvalue weighted by atomic mass is 79.9. The third-order valence-electron chi connectivity index (χ3n) is 4.83. The minimum atomic E-state index is -1.32. The van der Waals surface area contributed by atoms with E-state index in [-0.39, 0.29) is 5.92 Å². The molecule has 2 saturated carbocycles. The summed E-state index contributed by atoms with van der Waals surface area (Å²) in [6.45, 7) is 2.22. The van der Waals surface area contributed by atoms with E-state index in [1.807, 2.05) is 6.92 Å². The van der Waals surface area contributed by atoms with E-state index < -0.39 is 26.7 Å². The van der Waals surface area contributed by atoms with E-state index in [1.54, 1.807) is 0 Å². The van der Waals surface area contributed by atoms with E-state index in [0.29, 0.717) is 18.4 Å². The highest BCUT2D eigenvalue weighted by molar-refractivity contribution is 9.09. The molecule has 5 atom stereocenters. The van der Waals surface area contributed by atoms with Crippen molar-refractivity contribution in [1.82, 2.24) is 0 Å². The van der Waals surface area contributed by atoms with Crippen LogP contribution in [0.2, 0.25) is 0 Å². The molecule has 2 rings (SSSR count). The first kappa shape index (κ1) is 18.5. The Labute approximate surface area is 148 Å². The van der Waals surface area contributed by atoms with Gasteiger partial charge in [-0.15, -0.1) is 34.8 Å². The van der Waals surface area contributed by atoms with Crippen LogP contribution in [0.25, 0.3) is 0 Å². The normalized spacial score (nSPS) is 48.0. The molecule has 2 fully saturated rings. The van der Waals surface area contributed by atoms with Crippen molar-refractivity contribution in [2.24, 2.45) is 5.92 Å². The van der Waals surface area contributed by atoms with Crippen LogP contribution in [0.4, 0.5) is 0 Å². The molecule has 21 heavy (non-hydrogen) atoms. The summed E-state index contributed by atoms with van der Waals surface area (Å²) < 4.78 is 22.9. The van der Waals surface area contributed by atoms with Gasteiger partial charge in [-0.1, -0.05) is 15.9 Å². The van der Waals surface area contributed by atoms with Crippen molar-refractivity contribution < 1.29 is 18.9 Å². The van der Waals surface area contributed by atoms with Crippen molar-refractivity contribution >= 4 is 50.7 Å². The van der Waals surface area contributed by atoms with Crippen molar-refractivity contribution in [1.29, 1.82) is 0 Å². The Balaban J connectivity index is 2.70. The lowest BCUT2D eigenvalue weighted by molar-refractivity contribution is -0.281. The van der Waals surface area contributed by atoms with Gasteiger partial charge in [0, 0.05) is 33.3 Å². The molecule has 0 amide bonds. The largest absolute Gasteiger partial charge is 0.350 e. The third kappa shape index (κ3) is 1.78. The van der Waals surface area contributed by atoms with E-state index in [2.05, 4.69) is 15.9 Å². The monoisotopic (exact) mass is 424 g/mol. The van der Waals surface area contributed by atoms with E-state index >= 15 is 0 Å². The van der Waals surface area contributed by atoms with Gasteiger partial charge >= 0.3 is 0 Å². The minimum Gasteiger partial charge on any atom is -0.350 e. The topological polar surface area (TPSA) is 36.9 Å². The molecule has 8 heteroatoms. The third-order valence-corrected chi connectivity index (χ3v) is 7.79. The number of methoxy groups -OCH3 is 3. The summed E-state index contributed by atoms with van der Waals surface area (Å²) in [5.74, 6) is -2.67. The van der Waals surface area contributed by atoms with Gasteiger partial charge in [0.15, 0.2) is 4.87 Å². The zero-order chi connectivity index (χ0) is 16.1. The molecule has 0 aromatic carbocycles. The summed E-state index contributed by atoms with van der Waals surface area (Å²) in [6, 6.07) is 0. The van der Waals surface area contributed by atoms with Crippen LogP contribution < -0.4 is 0 Å². The SMILES string of the molecule is CCOC1(OC)C(Cl)C2(Cl)C(CBr)CC1(Cl)C2(OC)OC. The molecule has 0 radical (unpaired) electrons. The fraction of sp³-hybridized carbons (Fsp3) is 1.00. The smallest absolute Gasteiger partial charge is 0.214 e. The predicted octanol–water partition coefficient (Wildman–Crippen LogP) is 3.35. The van der Waals surface area contributed by atoms with Crippen molar-refractivity contribution in [2.45, 2.75) is 40.0 Å². The molecule has 0 aromatic heterocycles. The lowest BCUT2D eigenvalue weighted by Gasteiger charge is -2.46. The molecule has 5 unspecified atom stereocenters. The summed E-state index contributed by atoms with van der Waals surface area (Å²) in [6.07, 6.45) is 0.488. The van der Waals surface area contributed by atoms with Gasteiger partial charge in [-0.05, 0) is 19.3 Å². The first-order valence-corrected chi connectivity index (χ1v) is 9.00. The Hall–Kier alpha value is 1.19. The molecule has 0 aromatic rings. The lowest BCUT2D eigenvalue weighted by Crippen LogP contribution is -2.62. The standard InChI is InChI=1S/C13H20BrCl3O4/c1-5-21-12(18-2)9(15)11(17)8(7-14)6-10(12,16)13(11,19-3)20-4/h8-9H,5-7H2,1-4H3. The molecule has 0 spiro atoms. The first-order chi connectivity index (χ1) is 9.81. The van der Waals surface area contributed by atoms with Gasteiger partial charge in [-0.25, -0.2) is 0 Å². The van der Waals surface area contributed by atoms with Crippen molar-refractivity contribution in [3.8, 4) is 0 Å². The molecule has 2 bridgehead atoms. The second kappa shape index (κ2) is 5.92. The number of rotatable bonds is 6. The summed E-state index contributed by atoms with van der Waals surface area (Å²) in [5.41, 5.74) is 0. The number of hydrogen-bond donors (Lipinski definition) is 0. The van der Waals surface area contributed by atoms with Crippen LogP contribution in [0.15, 0.2) is 0 Å². The van der Waals surface area contributed by atoms with Crippen LogP contribution >= 0.6 is 50.7 Å². The lowest BCUT2D eigenvalue weighted by atomic mass is 9.84. The van der Waals surface area contributed by atoms with Gasteiger partial charge in [-0.2, -0.15) is 0 Å². The average Bonchev–Trinajstić information content (AvgIpc) is 2.75. The second-order valence-corrected chi connectivity index (χ2v) is 7.67. The Morgan fingerprint density at radius 2 is 1.71 bits per heavy atom. The van der Waals surface area contributed by atoms with Gasteiger partial charge in [0.2, 0.25) is 11.6 Å². The van der Waals surface area contributed by atoms with Crippen LogP contribution in [-0.2, 0) is 18.9 Å². The summed E-state index contributed by atoms with van der Waals surface area (Å²) in [7, 11) is 4.53. The molecule has 0 N–H and O–H groups in total. The van der Waals surface area contributed by atoms with Crippen LogP contribution in [-0.4, -0.2) is 60.0 Å². The van der Waals surface area contributed by atoms with E-state index in [1.165, 1.54) is 21.3 Å². The molecule has 124 valence electrons. The molecule has 0 saturated heterocycles. The van der Waals surface area contributed by atoms with Crippen molar-refractivity contribution in [2.75, 3.05) is 33.3 Å². The summed E-state index contributed by atoms with van der Waals surface area (Å²) in [5, 5.41) is -0.125. The maximum Gasteiger partial charge on any atom is 0.214 e. The van der Waals surface area contributed by atoms with Crippen LogP contribution in [0.3, 0.4) is 0 Å². The second-order valence-electron chi connectivity index (χ2n) is 5.32. The number of halogens is 4. The van der Waals surface area contributed by atoms with Gasteiger partial charge in [0.1, 0.15) is 10.3 Å². The van der Waals surface area contributed by atoms with Crippen molar-refractivity contribution in [3.63, 3.8) is 0 Å². The zero-order valence-electron chi connectivity index (χ0n) is 12.4. The van der Waals surface area contributed by atoms with Crippen LogP contribution in [0.1, 0.15) is 13.3 Å². The minimum absolute atomic E-state index is 0.0530. The Morgan fingerprint density at radius 1 is 1.14 bits per heavy atom. The molecule has 2 aliphatic carbocycles. The van der Waals surface area contributed by atoms with E-state index in [9.17, 15) is 0 Å². The maximum absolute atomic E-state index is 6.99. The van der Waals surface area contributed by atoms with Crippen molar-refractivity contribution in [3.05, 3.63) is 0 Å². The van der Waals surface area contributed by atoms with Crippen LogP contribution in [0.5, 0.6) is 0 Å². The van der Waals surface area contributed by atoms with Gasteiger partial charge < -0.3 is 18.9 Å². The molecule has 0 aliphatic heterocycles. The fourth-order valence-electron chi connectivity index (χ4n) is 4.03. The van der Waals surface area contributed by atoms with Gasteiger partial charge in [0.05, 0.1) is 0 Å². The summed E-state index contributed by atoms with van der Waals surface area (Å²) in [4.78, 5) is -2.25. The van der Waals surface area contributed by atoms with E-state index in [0.717, 1.165) is 0 Å². The molecule has 2 aliphatic rings. The molecular formula is C13H20BrCl3O4. The van der Waals surface area contributed by atoms with Crippen LogP contribution in [0, 0.1) is 5.92 Å².